The van der Waals surface area contributed by atoms with Crippen molar-refractivity contribution >= 4 is 9.84 Å². The molecule has 0 aromatic rings. The average Bonchev–Trinajstić information content (AvgIpc) is 2.76. The lowest BCUT2D eigenvalue weighted by Crippen LogP contribution is -2.34. The van der Waals surface area contributed by atoms with Crippen molar-refractivity contribution < 1.29 is 17.9 Å². The maximum atomic E-state index is 11.1. The van der Waals surface area contributed by atoms with E-state index in [4.69, 9.17) is 9.47 Å². The molecule has 1 saturated heterocycles. The van der Waals surface area contributed by atoms with Gasteiger partial charge in [0.15, 0.2) is 6.29 Å². The van der Waals surface area contributed by atoms with Crippen molar-refractivity contribution in [3.8, 4) is 0 Å². The van der Waals surface area contributed by atoms with E-state index >= 15 is 0 Å². The number of rotatable bonds is 9. The van der Waals surface area contributed by atoms with E-state index in [1.165, 1.54) is 6.26 Å². The highest BCUT2D eigenvalue weighted by Gasteiger charge is 2.21. The maximum Gasteiger partial charge on any atom is 0.159 e. The van der Waals surface area contributed by atoms with Gasteiger partial charge >= 0.3 is 0 Å². The molecular formula is C12H25NO4S. The van der Waals surface area contributed by atoms with Crippen LogP contribution in [-0.2, 0) is 19.3 Å². The van der Waals surface area contributed by atoms with E-state index in [9.17, 15) is 8.42 Å². The van der Waals surface area contributed by atoms with E-state index in [1.54, 1.807) is 0 Å². The standard InChI is InChI=1S/C12H25NO4S/c1-3-6-13-11(5-4-9-18(2,14)15)10-12-16-7-8-17-12/h11-13H,3-10H2,1-2H3. The Hall–Kier alpha value is -0.170. The van der Waals surface area contributed by atoms with Crippen LogP contribution < -0.4 is 5.32 Å². The Kier molecular flexibility index (Phi) is 7.14. The van der Waals surface area contributed by atoms with Gasteiger partial charge in [0, 0.05) is 24.5 Å². The second-order valence-electron chi connectivity index (χ2n) is 4.83. The third-order valence-electron chi connectivity index (χ3n) is 2.92. The van der Waals surface area contributed by atoms with Crippen LogP contribution in [0.1, 0.15) is 32.6 Å². The SMILES string of the molecule is CCCNC(CCCS(C)(=O)=O)CC1OCCO1. The summed E-state index contributed by atoms with van der Waals surface area (Å²) in [5.74, 6) is 0.254. The number of nitrogens with one attached hydrogen (secondary N) is 1. The van der Waals surface area contributed by atoms with Crippen LogP contribution in [0.25, 0.3) is 0 Å². The lowest BCUT2D eigenvalue weighted by atomic mass is 10.1. The van der Waals surface area contributed by atoms with E-state index < -0.39 is 9.84 Å². The predicted octanol–water partition coefficient (Wildman–Crippen LogP) is 0.942. The van der Waals surface area contributed by atoms with Crippen molar-refractivity contribution in [1.29, 1.82) is 0 Å². The van der Waals surface area contributed by atoms with Gasteiger partial charge in [-0.05, 0) is 25.8 Å². The molecule has 1 aliphatic heterocycles. The zero-order valence-electron chi connectivity index (χ0n) is 11.4. The second kappa shape index (κ2) is 8.09. The third-order valence-corrected chi connectivity index (χ3v) is 3.95. The fourth-order valence-electron chi connectivity index (χ4n) is 2.02. The van der Waals surface area contributed by atoms with Crippen molar-refractivity contribution in [2.45, 2.75) is 44.9 Å². The summed E-state index contributed by atoms with van der Waals surface area (Å²) in [5, 5.41) is 3.43. The highest BCUT2D eigenvalue weighted by molar-refractivity contribution is 7.90. The minimum atomic E-state index is -2.86. The smallest absolute Gasteiger partial charge is 0.159 e. The minimum Gasteiger partial charge on any atom is -0.350 e. The van der Waals surface area contributed by atoms with Crippen molar-refractivity contribution in [3.05, 3.63) is 0 Å². The first-order chi connectivity index (χ1) is 8.51. The van der Waals surface area contributed by atoms with Crippen LogP contribution in [-0.4, -0.2) is 52.5 Å². The van der Waals surface area contributed by atoms with E-state index in [1.807, 2.05) is 0 Å². The highest BCUT2D eigenvalue weighted by Crippen LogP contribution is 2.14. The van der Waals surface area contributed by atoms with Crippen LogP contribution >= 0.6 is 0 Å². The van der Waals surface area contributed by atoms with Crippen LogP contribution in [0.2, 0.25) is 0 Å². The van der Waals surface area contributed by atoms with Crippen LogP contribution in [0.5, 0.6) is 0 Å². The molecule has 0 radical (unpaired) electrons. The van der Waals surface area contributed by atoms with Gasteiger partial charge in [0.05, 0.1) is 13.2 Å². The fraction of sp³-hybridized carbons (Fsp3) is 1.00. The first-order valence-electron chi connectivity index (χ1n) is 6.65. The predicted molar refractivity (Wildman–Crippen MR) is 71.3 cm³/mol. The molecule has 0 spiro atoms. The minimum absolute atomic E-state index is 0.127. The monoisotopic (exact) mass is 279 g/mol. The van der Waals surface area contributed by atoms with Gasteiger partial charge in [0.1, 0.15) is 9.84 Å². The Labute approximate surface area is 110 Å². The molecule has 1 N–H and O–H groups in total. The molecule has 6 heteroatoms. The van der Waals surface area contributed by atoms with Gasteiger partial charge in [0.2, 0.25) is 0 Å². The largest absolute Gasteiger partial charge is 0.350 e. The van der Waals surface area contributed by atoms with Crippen molar-refractivity contribution in [3.63, 3.8) is 0 Å². The molecule has 0 bridgehead atoms. The summed E-state index contributed by atoms with van der Waals surface area (Å²) in [7, 11) is -2.86. The van der Waals surface area contributed by atoms with E-state index in [-0.39, 0.29) is 18.1 Å². The molecule has 108 valence electrons. The molecule has 1 fully saturated rings. The van der Waals surface area contributed by atoms with Crippen LogP contribution in [0.15, 0.2) is 0 Å². The van der Waals surface area contributed by atoms with Gasteiger partial charge in [0.25, 0.3) is 0 Å². The summed E-state index contributed by atoms with van der Waals surface area (Å²) in [6, 6.07) is 0.273. The Morgan fingerprint density at radius 3 is 2.56 bits per heavy atom. The summed E-state index contributed by atoms with van der Waals surface area (Å²) in [6.07, 6.45) is 4.55. The zero-order valence-corrected chi connectivity index (χ0v) is 12.2. The fourth-order valence-corrected chi connectivity index (χ4v) is 2.71. The molecule has 5 nitrogen and oxygen atoms in total. The van der Waals surface area contributed by atoms with Gasteiger partial charge in [-0.2, -0.15) is 0 Å². The summed E-state index contributed by atoms with van der Waals surface area (Å²) in [4.78, 5) is 0. The third kappa shape index (κ3) is 7.31. The summed E-state index contributed by atoms with van der Waals surface area (Å²) >= 11 is 0. The van der Waals surface area contributed by atoms with Gasteiger partial charge in [-0.25, -0.2) is 8.42 Å². The second-order valence-corrected chi connectivity index (χ2v) is 7.09. The average molecular weight is 279 g/mol. The molecular weight excluding hydrogens is 254 g/mol. The summed E-state index contributed by atoms with van der Waals surface area (Å²) in [5.41, 5.74) is 0. The van der Waals surface area contributed by atoms with Gasteiger partial charge in [-0.15, -0.1) is 0 Å². The van der Waals surface area contributed by atoms with Crippen molar-refractivity contribution in [1.82, 2.24) is 5.32 Å². The topological polar surface area (TPSA) is 64.6 Å². The number of hydrogen-bond acceptors (Lipinski definition) is 5. The van der Waals surface area contributed by atoms with Gasteiger partial charge < -0.3 is 14.8 Å². The molecule has 0 saturated carbocycles. The van der Waals surface area contributed by atoms with Crippen molar-refractivity contribution in [2.75, 3.05) is 31.8 Å². The van der Waals surface area contributed by atoms with Gasteiger partial charge in [-0.1, -0.05) is 6.92 Å². The maximum absolute atomic E-state index is 11.1. The molecule has 1 rings (SSSR count). The Morgan fingerprint density at radius 2 is 2.00 bits per heavy atom. The molecule has 1 unspecified atom stereocenters. The van der Waals surface area contributed by atoms with Crippen molar-refractivity contribution in [2.24, 2.45) is 0 Å². The number of sulfone groups is 1. The molecule has 1 heterocycles. The Bertz CT molecular complexity index is 312. The quantitative estimate of drug-likeness (QED) is 0.680. The van der Waals surface area contributed by atoms with E-state index in [0.29, 0.717) is 19.6 Å². The lowest BCUT2D eigenvalue weighted by Gasteiger charge is -2.21. The number of hydrogen-bond donors (Lipinski definition) is 1. The summed E-state index contributed by atoms with van der Waals surface area (Å²) in [6.45, 7) is 4.38. The summed E-state index contributed by atoms with van der Waals surface area (Å²) < 4.78 is 33.1. The molecule has 0 aromatic carbocycles. The Morgan fingerprint density at radius 1 is 1.33 bits per heavy atom. The molecule has 1 aliphatic rings. The van der Waals surface area contributed by atoms with Gasteiger partial charge in [-0.3, -0.25) is 0 Å². The van der Waals surface area contributed by atoms with Crippen LogP contribution in [0.3, 0.4) is 0 Å². The molecule has 18 heavy (non-hydrogen) atoms. The molecule has 0 amide bonds. The normalized spacial score (nSPS) is 19.2. The first kappa shape index (κ1) is 15.9. The lowest BCUT2D eigenvalue weighted by molar-refractivity contribution is -0.0531. The Balaban J connectivity index is 2.29. The zero-order chi connectivity index (χ0) is 13.4. The van der Waals surface area contributed by atoms with E-state index in [2.05, 4.69) is 12.2 Å². The number of ether oxygens (including phenoxy) is 2. The van der Waals surface area contributed by atoms with Crippen LogP contribution in [0.4, 0.5) is 0 Å². The first-order valence-corrected chi connectivity index (χ1v) is 8.71. The van der Waals surface area contributed by atoms with Crippen LogP contribution in [0, 0.1) is 0 Å². The molecule has 0 aromatic heterocycles. The molecule has 0 aliphatic carbocycles. The molecule has 1 atom stereocenters. The van der Waals surface area contributed by atoms with E-state index in [0.717, 1.165) is 25.8 Å². The highest BCUT2D eigenvalue weighted by atomic mass is 32.2.